The summed E-state index contributed by atoms with van der Waals surface area (Å²) in [5, 5.41) is 57.3. The van der Waals surface area contributed by atoms with Gasteiger partial charge < -0.3 is 87.4 Å². The van der Waals surface area contributed by atoms with Crippen LogP contribution in [0.25, 0.3) is 0 Å². The van der Waals surface area contributed by atoms with Crippen molar-refractivity contribution in [1.29, 1.82) is 0 Å². The molecule has 0 aromatic rings. The van der Waals surface area contributed by atoms with Crippen molar-refractivity contribution < 1.29 is 130 Å². The molecule has 760 valence electrons. The predicted octanol–water partition coefficient (Wildman–Crippen LogP) is 13.6. The van der Waals surface area contributed by atoms with Crippen LogP contribution >= 0.6 is 0 Å². The molecule has 29 nitrogen and oxygen atoms in total. The number of nitrogens with zero attached hydrogens (tertiary/aromatic N) is 2. The summed E-state index contributed by atoms with van der Waals surface area (Å²) in [4.78, 5) is 157. The molecule has 0 radical (unpaired) electrons. The Labute approximate surface area is 802 Å². The second kappa shape index (κ2) is 54.5. The van der Waals surface area contributed by atoms with Crippen molar-refractivity contribution in [2.45, 2.75) is 374 Å². The smallest absolute Gasteiger partial charge is 0.329 e. The summed E-state index contributed by atoms with van der Waals surface area (Å²) in [7, 11) is 9.06. The Bertz CT molecular complexity index is 4200. The molecule has 4 saturated heterocycles. The Morgan fingerprint density at radius 3 is 1.21 bits per heavy atom. The van der Waals surface area contributed by atoms with Gasteiger partial charge >= 0.3 is 17.9 Å². The molecule has 0 aromatic carbocycles. The molecule has 0 aromatic heterocycles. The summed E-state index contributed by atoms with van der Waals surface area (Å²) in [5.74, 6) is -16.7. The first-order valence-electron chi connectivity index (χ1n) is 49.7. The minimum Gasteiger partial charge on any atom is -0.460 e. The number of aliphatic hydroxyl groups is 5. The van der Waals surface area contributed by atoms with E-state index in [1.807, 2.05) is 116 Å². The summed E-state index contributed by atoms with van der Waals surface area (Å²) in [6.45, 7) is 29.0. The lowest BCUT2D eigenvalue weighted by atomic mass is 9.78. The van der Waals surface area contributed by atoms with Gasteiger partial charge in [0.15, 0.2) is 11.6 Å². The van der Waals surface area contributed by atoms with Crippen molar-refractivity contribution in [3.05, 3.63) is 95.2 Å². The molecule has 6 heterocycles. The van der Waals surface area contributed by atoms with Gasteiger partial charge in [-0.05, 0) is 214 Å². The molecule has 4 bridgehead atoms. The zero-order chi connectivity index (χ0) is 100. The summed E-state index contributed by atoms with van der Waals surface area (Å²) in [5.41, 5.74) is 2.52. The molecular formula is C106H164N2O27. The first kappa shape index (κ1) is 115. The van der Waals surface area contributed by atoms with Gasteiger partial charge in [-0.1, -0.05) is 156 Å². The number of aliphatic hydroxyl groups excluding tert-OH is 3. The maximum Gasteiger partial charge on any atom is 0.329 e. The van der Waals surface area contributed by atoms with Gasteiger partial charge in [0, 0.05) is 117 Å². The molecule has 5 N–H and O–H groups in total. The highest BCUT2D eigenvalue weighted by Gasteiger charge is 2.56. The van der Waals surface area contributed by atoms with E-state index in [-0.39, 0.29) is 122 Å². The van der Waals surface area contributed by atoms with Gasteiger partial charge in [-0.2, -0.15) is 0 Å². The fraction of sp³-hybridized carbons (Fsp3) is 0.745. The van der Waals surface area contributed by atoms with Crippen molar-refractivity contribution in [1.82, 2.24) is 9.80 Å². The van der Waals surface area contributed by atoms with Gasteiger partial charge in [-0.25, -0.2) is 9.59 Å². The number of amides is 2. The number of esters is 3. The van der Waals surface area contributed by atoms with Crippen LogP contribution in [0.3, 0.4) is 0 Å². The SMILES string of the molecule is CO[C@H]1C[C@@H]2CC[C@@H](C)[C@@](O)(O2)C(=O)C(=O)N2CCCC[C@H]2C(=O)O[C@H]([C@H](C)C[C@@H]2CC[C@@H](O)[C@H](OC)C2)CC(=O)[C@H](C)/C=C(\C)[C@@H](O)[C@@H](OC)C(=O)[C@H](C)C[C@H](C)/C=C/C=CC=C1C.CO[C@H]1C[C@@H]2CC[C@@H](C)[C@@](O)(O2)C(=O)C(=O)N2CCCC[C@H]2C(=O)O[C@H]([C@H](C)C[C@@H]2CC[C@@H](OC(=O)C(C)C)[C@H](OC)C2)CC(=O)[C@H](C)/C=C(\C)[C@@H](O)[C@@H](OC)C(=O)[C@H](C)C[C@H](C)/C=C/C=CC=C1C. The van der Waals surface area contributed by atoms with Crippen LogP contribution in [0.5, 0.6) is 0 Å². The lowest BCUT2D eigenvalue weighted by Crippen LogP contribution is -2.61. The third-order valence-electron chi connectivity index (χ3n) is 29.7. The molecule has 8 rings (SSSR count). The molecule has 30 atom stereocenters. The molecule has 0 unspecified atom stereocenters. The minimum atomic E-state index is -2.44. The number of hydrogen-bond acceptors (Lipinski definition) is 27. The molecule has 2 saturated carbocycles. The van der Waals surface area contributed by atoms with Crippen LogP contribution in [0, 0.1) is 76.9 Å². The quantitative estimate of drug-likeness (QED) is 0.0467. The second-order valence-corrected chi connectivity index (χ2v) is 40.7. The maximum atomic E-state index is 14.5. The highest BCUT2D eigenvalue weighted by Crippen LogP contribution is 2.42. The predicted molar refractivity (Wildman–Crippen MR) is 509 cm³/mol. The topological polar surface area (TPSA) is 397 Å². The monoisotopic (exact) mass is 1900 g/mol. The van der Waals surface area contributed by atoms with Crippen LogP contribution in [0.4, 0.5) is 0 Å². The maximum absolute atomic E-state index is 14.5. The second-order valence-electron chi connectivity index (χ2n) is 40.7. The van der Waals surface area contributed by atoms with E-state index in [9.17, 15) is 78.3 Å². The molecule has 135 heavy (non-hydrogen) atoms. The summed E-state index contributed by atoms with van der Waals surface area (Å²) in [6, 6.07) is -2.30. The summed E-state index contributed by atoms with van der Waals surface area (Å²) >= 11 is 0. The number of ether oxygens (including phenoxy) is 11. The Morgan fingerprint density at radius 2 is 0.837 bits per heavy atom. The molecule has 2 amide bonds. The van der Waals surface area contributed by atoms with E-state index in [0.29, 0.717) is 133 Å². The largest absolute Gasteiger partial charge is 0.460 e. The highest BCUT2D eigenvalue weighted by atomic mass is 16.6. The first-order valence-corrected chi connectivity index (χ1v) is 49.7. The van der Waals surface area contributed by atoms with Gasteiger partial charge in [-0.3, -0.25) is 43.2 Å². The number of allylic oxidation sites excluding steroid dienone is 12. The van der Waals surface area contributed by atoms with Crippen molar-refractivity contribution in [3.63, 3.8) is 0 Å². The van der Waals surface area contributed by atoms with Crippen LogP contribution < -0.4 is 0 Å². The fourth-order valence-corrected chi connectivity index (χ4v) is 20.6. The lowest BCUT2D eigenvalue weighted by Gasteiger charge is -2.42. The number of methoxy groups -OCH3 is 6. The van der Waals surface area contributed by atoms with Crippen LogP contribution in [0.1, 0.15) is 265 Å². The van der Waals surface area contributed by atoms with Crippen LogP contribution in [-0.2, 0) is 105 Å². The normalized spacial score (nSPS) is 38.1. The Hall–Kier alpha value is -7.23. The molecule has 29 heteroatoms. The van der Waals surface area contributed by atoms with Crippen molar-refractivity contribution in [2.75, 3.05) is 55.7 Å². The number of carbonyl (C=O) groups is 11. The Kier molecular flexibility index (Phi) is 46.3. The number of cyclic esters (lactones) is 2. The van der Waals surface area contributed by atoms with Gasteiger partial charge in [0.2, 0.25) is 11.6 Å². The van der Waals surface area contributed by atoms with Crippen molar-refractivity contribution in [3.8, 4) is 0 Å². The minimum absolute atomic E-state index is 0.00980. The number of ketones is 6. The van der Waals surface area contributed by atoms with E-state index in [1.165, 1.54) is 24.0 Å². The Balaban J connectivity index is 0.000000369. The average molecular weight is 1900 g/mol. The van der Waals surface area contributed by atoms with E-state index in [0.717, 1.165) is 17.6 Å². The van der Waals surface area contributed by atoms with E-state index < -0.39 is 168 Å². The number of rotatable bonds is 14. The number of hydrogen-bond donors (Lipinski definition) is 5. The number of piperidine rings is 2. The van der Waals surface area contributed by atoms with Crippen molar-refractivity contribution >= 4 is 64.4 Å². The standard InChI is InChI=1S/C55H85NO14.C51H79NO13/c1-32(2)53(62)68-44-24-22-40(29-47(44)66-11)28-36(6)46-31-43(57)35(5)27-38(8)49(59)50(67-12)48(58)37(7)26-33(3)18-14-13-15-19-34(4)45(65-10)30-41-23-21-39(9)55(64,70-41)51(60)52(61)56-25-17-16-20-42(56)54(63)69-46;1-30-16-12-11-13-17-31(2)42(61-8)28-38-21-19-36(7)51(60,65-38)48(57)49(58)52-23-15-14-18-39(52)50(59)64-43(33(4)26-37-20-22-40(53)44(27-37)62-9)29-41(54)32(3)25-35(6)46(56)47(63-10)45(55)34(5)24-30/h13-15,18-19,27,32-33,35-37,39-42,44-47,49-50,59,64H,16-17,20-26,28-31H2,1-12H3;11-13,16-17,25,30,32-34,36-40,42-44,46-47,53,56,60H,14-15,18-24,26-29H2,1-10H3/b15-13?,18-14+,34-19?,38-27+;13-11?,16-12+,31-17?,35-25+/t33-,35-,36-,37-,39-,40+,41+,42+,44-,45+,46+,47-,49-,50+,55-;30-,32-,33-,34-,36-,37+,38+,39+,40-,42+,43+,44-,46-,47+,51-/m11/s1. The molecule has 8 aliphatic rings. The van der Waals surface area contributed by atoms with E-state index in [2.05, 4.69) is 0 Å². The van der Waals surface area contributed by atoms with Crippen LogP contribution in [0.15, 0.2) is 95.2 Å². The number of Topliss-reactive ketones (excluding diaryl/α,β-unsaturated/α-hetero) is 6. The first-order chi connectivity index (χ1) is 63.8. The zero-order valence-electron chi connectivity index (χ0n) is 84.7. The van der Waals surface area contributed by atoms with E-state index in [4.69, 9.17) is 52.1 Å². The van der Waals surface area contributed by atoms with Crippen molar-refractivity contribution in [2.24, 2.45) is 76.9 Å². The van der Waals surface area contributed by atoms with Crippen LogP contribution in [0.2, 0.25) is 0 Å². The van der Waals surface area contributed by atoms with E-state index in [1.54, 1.807) is 96.0 Å². The van der Waals surface area contributed by atoms with Crippen LogP contribution in [-0.4, -0.2) is 265 Å². The number of fused-ring (bicyclic) bond motifs is 6. The third kappa shape index (κ3) is 31.9. The van der Waals surface area contributed by atoms with Gasteiger partial charge in [-0.15, -0.1) is 0 Å². The van der Waals surface area contributed by atoms with E-state index >= 15 is 0 Å². The molecule has 2 aliphatic carbocycles. The summed E-state index contributed by atoms with van der Waals surface area (Å²) < 4.78 is 64.9. The molecule has 6 fully saturated rings. The van der Waals surface area contributed by atoms with Gasteiger partial charge in [0.05, 0.1) is 48.6 Å². The number of carbonyl (C=O) groups excluding carboxylic acids is 11. The Morgan fingerprint density at radius 1 is 0.444 bits per heavy atom. The fourth-order valence-electron chi connectivity index (χ4n) is 20.6. The zero-order valence-corrected chi connectivity index (χ0v) is 84.7. The molecular weight excluding hydrogens is 1730 g/mol. The third-order valence-corrected chi connectivity index (χ3v) is 29.7. The average Bonchev–Trinajstić information content (AvgIpc) is 0.776. The van der Waals surface area contributed by atoms with Gasteiger partial charge in [0.1, 0.15) is 66.4 Å². The molecule has 0 spiro atoms. The van der Waals surface area contributed by atoms with Gasteiger partial charge in [0.25, 0.3) is 23.4 Å². The summed E-state index contributed by atoms with van der Waals surface area (Å²) in [6.07, 6.45) is 22.3. The molecule has 6 aliphatic heterocycles. The lowest BCUT2D eigenvalue weighted by molar-refractivity contribution is -0.265. The highest BCUT2D eigenvalue weighted by molar-refractivity contribution is 6.39.